The topological polar surface area (TPSA) is 34.0 Å². The number of methoxy groups -OCH3 is 1. The van der Waals surface area contributed by atoms with E-state index in [1.54, 1.807) is 14.2 Å². The zero-order valence-corrected chi connectivity index (χ0v) is 11.9. The highest BCUT2D eigenvalue weighted by Gasteiger charge is 2.07. The van der Waals surface area contributed by atoms with Crippen LogP contribution in [0.15, 0.2) is 34.5 Å². The third-order valence-corrected chi connectivity index (χ3v) is 3.12. The van der Waals surface area contributed by atoms with Crippen LogP contribution < -0.4 is 4.74 Å². The van der Waals surface area contributed by atoms with Gasteiger partial charge in [-0.05, 0) is 43.4 Å². The van der Waals surface area contributed by atoms with E-state index in [2.05, 4.69) is 22.4 Å². The summed E-state index contributed by atoms with van der Waals surface area (Å²) in [6.07, 6.45) is 3.98. The highest BCUT2D eigenvalue weighted by atomic mass is 35.5. The summed E-state index contributed by atoms with van der Waals surface area (Å²) in [7, 11) is 3.41. The summed E-state index contributed by atoms with van der Waals surface area (Å²) < 4.78 is 5.21. The van der Waals surface area contributed by atoms with Gasteiger partial charge < -0.3 is 4.74 Å². The Balaban J connectivity index is 2.49. The first kappa shape index (κ1) is 15.0. The van der Waals surface area contributed by atoms with Gasteiger partial charge >= 0.3 is 0 Å². The second-order valence-electron chi connectivity index (χ2n) is 4.19. The molecule has 0 aliphatic rings. The number of aryl methyl sites for hydroxylation is 1. The van der Waals surface area contributed by atoms with E-state index in [9.17, 15) is 0 Å². The summed E-state index contributed by atoms with van der Waals surface area (Å²) >= 11 is 5.71. The molecule has 4 heteroatoms. The van der Waals surface area contributed by atoms with Gasteiger partial charge in [-0.25, -0.2) is 0 Å². The average molecular weight is 269 g/mol. The zero-order chi connectivity index (χ0) is 13.2. The van der Waals surface area contributed by atoms with Crippen molar-refractivity contribution >= 4 is 11.6 Å². The molecule has 1 atom stereocenters. The predicted octanol–water partition coefficient (Wildman–Crippen LogP) is 4.10. The van der Waals surface area contributed by atoms with Crippen LogP contribution in [0.25, 0.3) is 0 Å². The van der Waals surface area contributed by atoms with E-state index in [4.69, 9.17) is 16.3 Å². The maximum absolute atomic E-state index is 5.71. The summed E-state index contributed by atoms with van der Waals surface area (Å²) in [5.74, 6) is 1.59. The standard InChI is InChI=1S/C14H21ClN2O/c1-16-17-13(6-4-10-15)9-8-12-5-3-7-14(11-12)18-2/h3,5,7,11,13H,4,6,8-10H2,1-2H3. The van der Waals surface area contributed by atoms with Crippen molar-refractivity contribution in [2.45, 2.75) is 31.7 Å². The van der Waals surface area contributed by atoms with E-state index >= 15 is 0 Å². The quantitative estimate of drug-likeness (QED) is 0.516. The van der Waals surface area contributed by atoms with E-state index in [0.717, 1.165) is 31.4 Å². The fourth-order valence-electron chi connectivity index (χ4n) is 1.90. The van der Waals surface area contributed by atoms with E-state index in [1.807, 2.05) is 12.1 Å². The number of azo groups is 1. The van der Waals surface area contributed by atoms with Crippen LogP contribution in [0.5, 0.6) is 5.75 Å². The molecule has 100 valence electrons. The minimum atomic E-state index is 0.278. The molecular weight excluding hydrogens is 248 g/mol. The van der Waals surface area contributed by atoms with Crippen LogP contribution in [-0.2, 0) is 6.42 Å². The average Bonchev–Trinajstić information content (AvgIpc) is 2.42. The Labute approximate surface area is 114 Å². The number of hydrogen-bond donors (Lipinski definition) is 0. The lowest BCUT2D eigenvalue weighted by Gasteiger charge is -2.10. The van der Waals surface area contributed by atoms with E-state index < -0.39 is 0 Å². The second-order valence-corrected chi connectivity index (χ2v) is 4.57. The van der Waals surface area contributed by atoms with Crippen molar-refractivity contribution in [3.63, 3.8) is 0 Å². The number of nitrogens with zero attached hydrogens (tertiary/aromatic N) is 2. The fourth-order valence-corrected chi connectivity index (χ4v) is 2.05. The van der Waals surface area contributed by atoms with Crippen LogP contribution in [0, 0.1) is 0 Å². The molecule has 1 aromatic carbocycles. The number of benzene rings is 1. The molecule has 0 fully saturated rings. The normalized spacial score (nSPS) is 12.8. The molecule has 1 unspecified atom stereocenters. The van der Waals surface area contributed by atoms with E-state index in [1.165, 1.54) is 5.56 Å². The summed E-state index contributed by atoms with van der Waals surface area (Å²) in [4.78, 5) is 0. The van der Waals surface area contributed by atoms with Crippen LogP contribution in [0.1, 0.15) is 24.8 Å². The lowest BCUT2D eigenvalue weighted by Crippen LogP contribution is -2.06. The minimum absolute atomic E-state index is 0.278. The SMILES string of the molecule is CN=NC(CCCCl)CCc1cccc(OC)c1. The summed E-state index contributed by atoms with van der Waals surface area (Å²) in [6, 6.07) is 8.44. The van der Waals surface area contributed by atoms with Crippen LogP contribution in [0.2, 0.25) is 0 Å². The molecule has 0 radical (unpaired) electrons. The molecule has 0 N–H and O–H groups in total. The van der Waals surface area contributed by atoms with Crippen LogP contribution in [-0.4, -0.2) is 26.1 Å². The number of rotatable bonds is 8. The molecule has 3 nitrogen and oxygen atoms in total. The molecule has 0 amide bonds. The first-order valence-electron chi connectivity index (χ1n) is 6.28. The van der Waals surface area contributed by atoms with E-state index in [0.29, 0.717) is 5.88 Å². The minimum Gasteiger partial charge on any atom is -0.497 e. The van der Waals surface area contributed by atoms with Gasteiger partial charge in [-0.1, -0.05) is 12.1 Å². The lowest BCUT2D eigenvalue weighted by atomic mass is 10.0. The Morgan fingerprint density at radius 2 is 2.17 bits per heavy atom. The van der Waals surface area contributed by atoms with Gasteiger partial charge in [-0.15, -0.1) is 11.6 Å². The van der Waals surface area contributed by atoms with Crippen molar-refractivity contribution in [3.05, 3.63) is 29.8 Å². The molecule has 0 spiro atoms. The number of alkyl halides is 1. The molecule has 0 aliphatic carbocycles. The molecule has 0 heterocycles. The Kier molecular flexibility index (Phi) is 7.42. The molecular formula is C14H21ClN2O. The maximum atomic E-state index is 5.71. The fraction of sp³-hybridized carbons (Fsp3) is 0.571. The molecule has 0 bridgehead atoms. The van der Waals surface area contributed by atoms with Gasteiger partial charge in [0.1, 0.15) is 5.75 Å². The Morgan fingerprint density at radius 3 is 2.83 bits per heavy atom. The number of halogens is 1. The highest BCUT2D eigenvalue weighted by Crippen LogP contribution is 2.17. The van der Waals surface area contributed by atoms with Crippen LogP contribution >= 0.6 is 11.6 Å². The molecule has 1 aromatic rings. The van der Waals surface area contributed by atoms with E-state index in [-0.39, 0.29) is 6.04 Å². The van der Waals surface area contributed by atoms with Gasteiger partial charge in [0.15, 0.2) is 0 Å². The maximum Gasteiger partial charge on any atom is 0.119 e. The predicted molar refractivity (Wildman–Crippen MR) is 75.8 cm³/mol. The van der Waals surface area contributed by atoms with Gasteiger partial charge in [0.05, 0.1) is 13.2 Å². The smallest absolute Gasteiger partial charge is 0.119 e. The van der Waals surface area contributed by atoms with Gasteiger partial charge in [-0.2, -0.15) is 10.2 Å². The summed E-state index contributed by atoms with van der Waals surface area (Å²) in [5, 5.41) is 8.15. The lowest BCUT2D eigenvalue weighted by molar-refractivity contribution is 0.414. The third-order valence-electron chi connectivity index (χ3n) is 2.85. The molecule has 1 rings (SSSR count). The summed E-state index contributed by atoms with van der Waals surface area (Å²) in [5.41, 5.74) is 1.27. The van der Waals surface area contributed by atoms with Crippen molar-refractivity contribution in [1.82, 2.24) is 0 Å². The molecule has 0 saturated carbocycles. The molecule has 0 aliphatic heterocycles. The van der Waals surface area contributed by atoms with Gasteiger partial charge in [0, 0.05) is 12.9 Å². The van der Waals surface area contributed by atoms with Gasteiger partial charge in [0.2, 0.25) is 0 Å². The molecule has 0 aromatic heterocycles. The van der Waals surface area contributed by atoms with Crippen molar-refractivity contribution in [2.24, 2.45) is 10.2 Å². The largest absolute Gasteiger partial charge is 0.497 e. The van der Waals surface area contributed by atoms with Crippen LogP contribution in [0.3, 0.4) is 0 Å². The first-order chi connectivity index (χ1) is 8.80. The van der Waals surface area contributed by atoms with Crippen molar-refractivity contribution in [1.29, 1.82) is 0 Å². The highest BCUT2D eigenvalue weighted by molar-refractivity contribution is 6.17. The van der Waals surface area contributed by atoms with Crippen molar-refractivity contribution < 1.29 is 4.74 Å². The molecule has 0 saturated heterocycles. The number of ether oxygens (including phenoxy) is 1. The van der Waals surface area contributed by atoms with Crippen LogP contribution in [0.4, 0.5) is 0 Å². The Morgan fingerprint density at radius 1 is 1.33 bits per heavy atom. The van der Waals surface area contributed by atoms with Gasteiger partial charge in [0.25, 0.3) is 0 Å². The van der Waals surface area contributed by atoms with Crippen molar-refractivity contribution in [2.75, 3.05) is 20.0 Å². The van der Waals surface area contributed by atoms with Crippen molar-refractivity contribution in [3.8, 4) is 5.75 Å². The zero-order valence-electron chi connectivity index (χ0n) is 11.1. The monoisotopic (exact) mass is 268 g/mol. The van der Waals surface area contributed by atoms with Gasteiger partial charge in [-0.3, -0.25) is 0 Å². The Bertz CT molecular complexity index is 369. The third kappa shape index (κ3) is 5.50. The second kappa shape index (κ2) is 8.92. The first-order valence-corrected chi connectivity index (χ1v) is 6.81. The Hall–Kier alpha value is -1.09. The number of hydrogen-bond acceptors (Lipinski definition) is 3. The summed E-state index contributed by atoms with van der Waals surface area (Å²) in [6.45, 7) is 0. The molecule has 18 heavy (non-hydrogen) atoms.